The monoisotopic (exact) mass is 647 g/mol. The van der Waals surface area contributed by atoms with E-state index in [4.69, 9.17) is 0 Å². The second-order valence-corrected chi connectivity index (χ2v) is 13.8. The second-order valence-electron chi connectivity index (χ2n) is 13.8. The number of aromatic nitrogens is 3. The van der Waals surface area contributed by atoms with Crippen LogP contribution >= 0.6 is 0 Å². The molecule has 0 aliphatic rings. The SMILES string of the molecule is c1ccc(-n2c3ccccc3c3cc(-c4ccc5c6ccccc6n(-c6ccc7c(c6)c6cccc8c9ccccc9n7c86)c5c4)ccc32)cc1. The van der Waals surface area contributed by atoms with E-state index < -0.39 is 0 Å². The van der Waals surface area contributed by atoms with Gasteiger partial charge in [-0.3, -0.25) is 0 Å². The van der Waals surface area contributed by atoms with Crippen molar-refractivity contribution in [3.8, 4) is 22.5 Å². The molecule has 0 bridgehead atoms. The van der Waals surface area contributed by atoms with Gasteiger partial charge in [-0.15, -0.1) is 0 Å². The minimum Gasteiger partial charge on any atom is -0.309 e. The van der Waals surface area contributed by atoms with Gasteiger partial charge in [0.25, 0.3) is 0 Å². The van der Waals surface area contributed by atoms with Crippen molar-refractivity contribution < 1.29 is 0 Å². The van der Waals surface area contributed by atoms with Crippen LogP contribution in [0.1, 0.15) is 0 Å². The number of nitrogens with zero attached hydrogens (tertiary/aromatic N) is 3. The molecule has 4 aromatic heterocycles. The highest BCUT2D eigenvalue weighted by Crippen LogP contribution is 2.42. The van der Waals surface area contributed by atoms with Crippen LogP contribution < -0.4 is 0 Å². The van der Waals surface area contributed by atoms with Crippen molar-refractivity contribution in [2.75, 3.05) is 0 Å². The standard InChI is InChI=1S/C48H29N3/c1-2-11-32(12-3-1)49-43-19-8-6-15-36(43)40-27-30(22-25-45(40)49)31-21-24-37-34-13-4-7-18-42(34)50(47(37)28-31)33-23-26-46-41(29-33)39-17-10-16-38-35-14-5-9-20-44(35)51(46)48(38)39/h1-29H. The fraction of sp³-hybridized carbons (Fsp3) is 0. The van der Waals surface area contributed by atoms with Crippen LogP contribution in [0.4, 0.5) is 0 Å². The molecule has 0 amide bonds. The fourth-order valence-electron chi connectivity index (χ4n) is 9.00. The molecule has 0 saturated heterocycles. The van der Waals surface area contributed by atoms with E-state index in [9.17, 15) is 0 Å². The Morgan fingerprint density at radius 3 is 1.53 bits per heavy atom. The third kappa shape index (κ3) is 3.57. The van der Waals surface area contributed by atoms with Gasteiger partial charge in [0.2, 0.25) is 0 Å². The number of fused-ring (bicyclic) bond motifs is 12. The van der Waals surface area contributed by atoms with Crippen LogP contribution in [0.15, 0.2) is 176 Å². The van der Waals surface area contributed by atoms with Gasteiger partial charge in [0.05, 0.1) is 38.6 Å². The van der Waals surface area contributed by atoms with E-state index in [1.54, 1.807) is 0 Å². The minimum absolute atomic E-state index is 1.17. The third-order valence-electron chi connectivity index (χ3n) is 11.2. The molecule has 0 spiro atoms. The predicted molar refractivity (Wildman–Crippen MR) is 215 cm³/mol. The van der Waals surface area contributed by atoms with Gasteiger partial charge in [-0.2, -0.15) is 0 Å². The topological polar surface area (TPSA) is 14.3 Å². The molecule has 8 aromatic carbocycles. The highest BCUT2D eigenvalue weighted by molar-refractivity contribution is 6.23. The molecule has 12 aromatic rings. The second kappa shape index (κ2) is 9.87. The molecular formula is C48H29N3. The number of hydrogen-bond acceptors (Lipinski definition) is 0. The van der Waals surface area contributed by atoms with Gasteiger partial charge in [0.1, 0.15) is 0 Å². The van der Waals surface area contributed by atoms with E-state index in [0.717, 1.165) is 0 Å². The zero-order chi connectivity index (χ0) is 33.2. The predicted octanol–water partition coefficient (Wildman–Crippen LogP) is 12.7. The fourth-order valence-corrected chi connectivity index (χ4v) is 9.00. The molecule has 4 heterocycles. The van der Waals surface area contributed by atoms with Gasteiger partial charge >= 0.3 is 0 Å². The molecule has 3 heteroatoms. The zero-order valence-corrected chi connectivity index (χ0v) is 27.6. The summed E-state index contributed by atoms with van der Waals surface area (Å²) in [5.41, 5.74) is 13.4. The van der Waals surface area contributed by atoms with Gasteiger partial charge in [0, 0.05) is 54.5 Å². The highest BCUT2D eigenvalue weighted by Gasteiger charge is 2.20. The van der Waals surface area contributed by atoms with E-state index in [1.807, 2.05) is 0 Å². The number of hydrogen-bond donors (Lipinski definition) is 0. The molecule has 0 fully saturated rings. The summed E-state index contributed by atoms with van der Waals surface area (Å²) in [6.07, 6.45) is 0. The van der Waals surface area contributed by atoms with Crippen LogP contribution in [0.3, 0.4) is 0 Å². The Labute approximate surface area is 292 Å². The lowest BCUT2D eigenvalue weighted by Crippen LogP contribution is -1.94. The first-order valence-electron chi connectivity index (χ1n) is 17.6. The van der Waals surface area contributed by atoms with Crippen molar-refractivity contribution in [3.05, 3.63) is 176 Å². The molecule has 0 atom stereocenters. The van der Waals surface area contributed by atoms with E-state index in [1.165, 1.54) is 104 Å². The number of para-hydroxylation sites is 5. The summed E-state index contributed by atoms with van der Waals surface area (Å²) in [4.78, 5) is 0. The zero-order valence-electron chi connectivity index (χ0n) is 27.6. The molecule has 12 rings (SSSR count). The summed E-state index contributed by atoms with van der Waals surface area (Å²) in [7, 11) is 0. The van der Waals surface area contributed by atoms with Crippen molar-refractivity contribution in [3.63, 3.8) is 0 Å². The average Bonchev–Trinajstić information content (AvgIpc) is 3.92. The first-order valence-corrected chi connectivity index (χ1v) is 17.6. The molecule has 236 valence electrons. The lowest BCUT2D eigenvalue weighted by atomic mass is 10.0. The molecule has 0 aliphatic carbocycles. The van der Waals surface area contributed by atoms with Crippen LogP contribution in [-0.4, -0.2) is 13.5 Å². The van der Waals surface area contributed by atoms with Crippen molar-refractivity contribution >= 4 is 81.7 Å². The lowest BCUT2D eigenvalue weighted by molar-refractivity contribution is 1.18. The summed E-state index contributed by atoms with van der Waals surface area (Å²) in [6, 6.07) is 64.7. The minimum atomic E-state index is 1.17. The highest BCUT2D eigenvalue weighted by atomic mass is 15.0. The van der Waals surface area contributed by atoms with E-state index >= 15 is 0 Å². The largest absolute Gasteiger partial charge is 0.309 e. The van der Waals surface area contributed by atoms with Crippen LogP contribution in [0.2, 0.25) is 0 Å². The number of rotatable bonds is 3. The van der Waals surface area contributed by atoms with Gasteiger partial charge in [-0.05, 0) is 77.9 Å². The van der Waals surface area contributed by atoms with Crippen LogP contribution in [0.25, 0.3) is 104 Å². The Bertz CT molecular complexity index is 3360. The molecule has 3 nitrogen and oxygen atoms in total. The van der Waals surface area contributed by atoms with Crippen LogP contribution in [0, 0.1) is 0 Å². The summed E-state index contributed by atoms with van der Waals surface area (Å²) in [6.45, 7) is 0. The Hall–Kier alpha value is -6.84. The average molecular weight is 648 g/mol. The van der Waals surface area contributed by atoms with E-state index in [2.05, 4.69) is 189 Å². The molecule has 0 N–H and O–H groups in total. The van der Waals surface area contributed by atoms with Gasteiger partial charge in [-0.1, -0.05) is 109 Å². The molecule has 0 radical (unpaired) electrons. The first kappa shape index (κ1) is 27.0. The van der Waals surface area contributed by atoms with Crippen LogP contribution in [0.5, 0.6) is 0 Å². The van der Waals surface area contributed by atoms with Gasteiger partial charge < -0.3 is 13.5 Å². The third-order valence-corrected chi connectivity index (χ3v) is 11.2. The Balaban J connectivity index is 1.09. The maximum Gasteiger partial charge on any atom is 0.0620 e. The lowest BCUT2D eigenvalue weighted by Gasteiger charge is -2.11. The quantitative estimate of drug-likeness (QED) is 0.181. The molecule has 0 unspecified atom stereocenters. The smallest absolute Gasteiger partial charge is 0.0620 e. The summed E-state index contributed by atoms with van der Waals surface area (Å²) in [5.74, 6) is 0. The molecule has 0 aliphatic heterocycles. The maximum atomic E-state index is 2.46. The normalized spacial score (nSPS) is 12.3. The van der Waals surface area contributed by atoms with Crippen molar-refractivity contribution in [2.45, 2.75) is 0 Å². The molecular weight excluding hydrogens is 619 g/mol. The molecule has 0 saturated carbocycles. The van der Waals surface area contributed by atoms with Gasteiger partial charge in [0.15, 0.2) is 0 Å². The summed E-state index contributed by atoms with van der Waals surface area (Å²) < 4.78 is 7.29. The molecule has 51 heavy (non-hydrogen) atoms. The van der Waals surface area contributed by atoms with Gasteiger partial charge in [-0.25, -0.2) is 0 Å². The van der Waals surface area contributed by atoms with Crippen molar-refractivity contribution in [1.29, 1.82) is 0 Å². The number of benzene rings is 8. The van der Waals surface area contributed by atoms with Crippen LogP contribution in [-0.2, 0) is 0 Å². The Kier molecular flexibility index (Phi) is 5.23. The van der Waals surface area contributed by atoms with E-state index in [-0.39, 0.29) is 0 Å². The Morgan fingerprint density at radius 2 is 0.745 bits per heavy atom. The Morgan fingerprint density at radius 1 is 0.255 bits per heavy atom. The first-order chi connectivity index (χ1) is 25.3. The van der Waals surface area contributed by atoms with Crippen molar-refractivity contribution in [1.82, 2.24) is 13.5 Å². The maximum absolute atomic E-state index is 2.46. The summed E-state index contributed by atoms with van der Waals surface area (Å²) >= 11 is 0. The summed E-state index contributed by atoms with van der Waals surface area (Å²) in [5, 5.41) is 10.2. The van der Waals surface area contributed by atoms with E-state index in [0.29, 0.717) is 0 Å². The van der Waals surface area contributed by atoms with Crippen molar-refractivity contribution in [2.24, 2.45) is 0 Å².